The fourth-order valence-corrected chi connectivity index (χ4v) is 2.04. The molecule has 0 bridgehead atoms. The van der Waals surface area contributed by atoms with E-state index >= 15 is 0 Å². The molecule has 0 aliphatic heterocycles. The maximum Gasteiger partial charge on any atom is 0.239 e. The van der Waals surface area contributed by atoms with Crippen LogP contribution in [0.25, 0.3) is 0 Å². The molecule has 0 aromatic rings. The number of unbranched alkanes of at least 4 members (excludes halogenated alkanes) is 9. The molecule has 0 aliphatic rings. The van der Waals surface area contributed by atoms with Crippen LogP contribution in [0.3, 0.4) is 0 Å². The van der Waals surface area contributed by atoms with E-state index in [1.54, 1.807) is 0 Å². The lowest BCUT2D eigenvalue weighted by atomic mass is 10.1. The molecule has 4 nitrogen and oxygen atoms in total. The number of hydrogen-bond donors (Lipinski definition) is 3. The topological polar surface area (TPSA) is 75.4 Å². The molecule has 0 saturated carbocycles. The number of aliphatic hydroxyl groups is 1. The lowest BCUT2D eigenvalue weighted by Crippen LogP contribution is -2.43. The van der Waals surface area contributed by atoms with Crippen molar-refractivity contribution in [1.82, 2.24) is 5.32 Å². The summed E-state index contributed by atoms with van der Waals surface area (Å²) in [7, 11) is 0. The second-order valence-corrected chi connectivity index (χ2v) is 5.26. The first-order chi connectivity index (χ1) is 9.22. The zero-order valence-corrected chi connectivity index (χ0v) is 12.5. The van der Waals surface area contributed by atoms with Crippen LogP contribution in [0.2, 0.25) is 0 Å². The van der Waals surface area contributed by atoms with Gasteiger partial charge in [0.25, 0.3) is 0 Å². The third kappa shape index (κ3) is 12.2. The molecule has 0 heterocycles. The molecule has 0 spiro atoms. The molecular weight excluding hydrogens is 240 g/mol. The number of rotatable bonds is 13. The van der Waals surface area contributed by atoms with Crippen LogP contribution >= 0.6 is 0 Å². The Morgan fingerprint density at radius 1 is 1.00 bits per heavy atom. The summed E-state index contributed by atoms with van der Waals surface area (Å²) in [6.45, 7) is 2.62. The summed E-state index contributed by atoms with van der Waals surface area (Å²) in [5.41, 5.74) is 5.38. The molecule has 0 aliphatic carbocycles. The van der Waals surface area contributed by atoms with E-state index in [2.05, 4.69) is 12.2 Å². The summed E-state index contributed by atoms with van der Waals surface area (Å²) >= 11 is 0. The number of aliphatic hydroxyl groups excluding tert-OH is 1. The number of nitrogens with two attached hydrogens (primary N) is 1. The van der Waals surface area contributed by atoms with Gasteiger partial charge in [-0.25, -0.2) is 0 Å². The van der Waals surface area contributed by atoms with Crippen LogP contribution in [0.1, 0.15) is 71.1 Å². The zero-order valence-electron chi connectivity index (χ0n) is 12.5. The van der Waals surface area contributed by atoms with E-state index in [9.17, 15) is 4.79 Å². The first-order valence-electron chi connectivity index (χ1n) is 7.86. The highest BCUT2D eigenvalue weighted by Crippen LogP contribution is 2.10. The van der Waals surface area contributed by atoms with E-state index in [1.807, 2.05) is 0 Å². The molecule has 1 atom stereocenters. The standard InChI is InChI=1S/C15H32N2O2/c1-2-3-4-5-6-7-8-9-10-11-12-17-15(19)14(16)13-18/h14,18H,2-13,16H2,1H3,(H,17,19). The minimum absolute atomic E-state index is 0.251. The number of carbonyl (C=O) groups excluding carboxylic acids is 1. The van der Waals surface area contributed by atoms with Crippen molar-refractivity contribution in [2.24, 2.45) is 5.73 Å². The van der Waals surface area contributed by atoms with Crippen LogP contribution < -0.4 is 11.1 Å². The summed E-state index contributed by atoms with van der Waals surface area (Å²) in [6, 6.07) is -0.775. The average molecular weight is 272 g/mol. The highest BCUT2D eigenvalue weighted by molar-refractivity contribution is 5.81. The Morgan fingerprint density at radius 2 is 1.47 bits per heavy atom. The van der Waals surface area contributed by atoms with Gasteiger partial charge in [0.1, 0.15) is 6.04 Å². The van der Waals surface area contributed by atoms with Gasteiger partial charge in [-0.15, -0.1) is 0 Å². The molecule has 4 N–H and O–H groups in total. The molecule has 0 radical (unpaired) electrons. The van der Waals surface area contributed by atoms with Crippen molar-refractivity contribution < 1.29 is 9.90 Å². The monoisotopic (exact) mass is 272 g/mol. The van der Waals surface area contributed by atoms with Gasteiger partial charge in [0.05, 0.1) is 6.61 Å². The fourth-order valence-electron chi connectivity index (χ4n) is 2.04. The highest BCUT2D eigenvalue weighted by Gasteiger charge is 2.09. The Bertz CT molecular complexity index is 210. The second-order valence-electron chi connectivity index (χ2n) is 5.26. The minimum atomic E-state index is -0.775. The van der Waals surface area contributed by atoms with Crippen molar-refractivity contribution in [3.8, 4) is 0 Å². The summed E-state index contributed by atoms with van der Waals surface area (Å²) in [5.74, 6) is -0.251. The number of amides is 1. The lowest BCUT2D eigenvalue weighted by Gasteiger charge is -2.09. The number of carbonyl (C=O) groups is 1. The quantitative estimate of drug-likeness (QED) is 0.450. The van der Waals surface area contributed by atoms with E-state index in [4.69, 9.17) is 10.8 Å². The normalized spacial score (nSPS) is 12.4. The van der Waals surface area contributed by atoms with Gasteiger partial charge in [0, 0.05) is 6.54 Å². The highest BCUT2D eigenvalue weighted by atomic mass is 16.3. The van der Waals surface area contributed by atoms with Gasteiger partial charge in [-0.3, -0.25) is 4.79 Å². The molecular formula is C15H32N2O2. The van der Waals surface area contributed by atoms with Crippen LogP contribution in [-0.4, -0.2) is 30.2 Å². The summed E-state index contributed by atoms with van der Waals surface area (Å²) < 4.78 is 0. The third-order valence-electron chi connectivity index (χ3n) is 3.36. The Labute approximate surface area is 118 Å². The van der Waals surface area contributed by atoms with Gasteiger partial charge in [0.15, 0.2) is 0 Å². The third-order valence-corrected chi connectivity index (χ3v) is 3.36. The van der Waals surface area contributed by atoms with E-state index in [0.717, 1.165) is 12.8 Å². The van der Waals surface area contributed by atoms with Gasteiger partial charge in [-0.1, -0.05) is 64.7 Å². The largest absolute Gasteiger partial charge is 0.394 e. The molecule has 0 aromatic carbocycles. The van der Waals surface area contributed by atoms with Crippen LogP contribution in [0.15, 0.2) is 0 Å². The molecule has 4 heteroatoms. The summed E-state index contributed by atoms with van der Waals surface area (Å²) in [4.78, 5) is 11.2. The van der Waals surface area contributed by atoms with Gasteiger partial charge >= 0.3 is 0 Å². The maximum atomic E-state index is 11.2. The Balaban J connectivity index is 3.13. The van der Waals surface area contributed by atoms with Gasteiger partial charge in [-0.2, -0.15) is 0 Å². The summed E-state index contributed by atoms with van der Waals surface area (Å²) in [5, 5.41) is 11.4. The molecule has 0 fully saturated rings. The predicted molar refractivity (Wildman–Crippen MR) is 79.9 cm³/mol. The van der Waals surface area contributed by atoms with Gasteiger partial charge in [-0.05, 0) is 6.42 Å². The van der Waals surface area contributed by atoms with Crippen LogP contribution in [0.5, 0.6) is 0 Å². The number of nitrogens with one attached hydrogen (secondary N) is 1. The fraction of sp³-hybridized carbons (Fsp3) is 0.933. The second kappa shape index (κ2) is 13.8. The van der Waals surface area contributed by atoms with Gasteiger partial charge < -0.3 is 16.2 Å². The SMILES string of the molecule is CCCCCCCCCCCCNC(=O)C(N)CO. The van der Waals surface area contributed by atoms with E-state index < -0.39 is 6.04 Å². The van der Waals surface area contributed by atoms with Gasteiger partial charge in [0.2, 0.25) is 5.91 Å². The van der Waals surface area contributed by atoms with E-state index in [0.29, 0.717) is 6.54 Å². The first-order valence-corrected chi connectivity index (χ1v) is 7.86. The van der Waals surface area contributed by atoms with Crippen molar-refractivity contribution in [3.63, 3.8) is 0 Å². The van der Waals surface area contributed by atoms with E-state index in [-0.39, 0.29) is 12.5 Å². The molecule has 0 aromatic heterocycles. The van der Waals surface area contributed by atoms with Crippen molar-refractivity contribution in [2.75, 3.05) is 13.2 Å². The molecule has 114 valence electrons. The minimum Gasteiger partial charge on any atom is -0.394 e. The van der Waals surface area contributed by atoms with Crippen molar-refractivity contribution in [2.45, 2.75) is 77.2 Å². The first kappa shape index (κ1) is 18.4. The van der Waals surface area contributed by atoms with Crippen molar-refractivity contribution in [1.29, 1.82) is 0 Å². The van der Waals surface area contributed by atoms with Crippen LogP contribution in [-0.2, 0) is 4.79 Å². The van der Waals surface area contributed by atoms with Crippen molar-refractivity contribution in [3.05, 3.63) is 0 Å². The predicted octanol–water partition coefficient (Wildman–Crippen LogP) is 2.34. The molecule has 1 unspecified atom stereocenters. The molecule has 0 saturated heterocycles. The number of hydrogen-bond acceptors (Lipinski definition) is 3. The Hall–Kier alpha value is -0.610. The Morgan fingerprint density at radius 3 is 1.95 bits per heavy atom. The average Bonchev–Trinajstić information content (AvgIpc) is 2.43. The smallest absolute Gasteiger partial charge is 0.239 e. The molecule has 1 amide bonds. The summed E-state index contributed by atoms with van der Waals surface area (Å²) in [6.07, 6.45) is 12.8. The maximum absolute atomic E-state index is 11.2. The van der Waals surface area contributed by atoms with Crippen LogP contribution in [0.4, 0.5) is 0 Å². The Kier molecular flexibility index (Phi) is 13.4. The molecule has 19 heavy (non-hydrogen) atoms. The zero-order chi connectivity index (χ0) is 14.3. The lowest BCUT2D eigenvalue weighted by molar-refractivity contribution is -0.123. The molecule has 0 rings (SSSR count). The van der Waals surface area contributed by atoms with E-state index in [1.165, 1.54) is 51.4 Å². The van der Waals surface area contributed by atoms with Crippen LogP contribution in [0, 0.1) is 0 Å². The van der Waals surface area contributed by atoms with Crippen molar-refractivity contribution >= 4 is 5.91 Å².